The third kappa shape index (κ3) is 2.14. The Labute approximate surface area is 92.8 Å². The zero-order valence-corrected chi connectivity index (χ0v) is 8.51. The fraction of sp³-hybridized carbons (Fsp3) is 0.0769. The van der Waals surface area contributed by atoms with Gasteiger partial charge in [-0.25, -0.2) is 4.39 Å². The van der Waals surface area contributed by atoms with Gasteiger partial charge in [0.15, 0.2) is 6.17 Å². The summed E-state index contributed by atoms with van der Waals surface area (Å²) < 4.78 is 13.8. The van der Waals surface area contributed by atoms with Gasteiger partial charge in [-0.2, -0.15) is 0 Å². The van der Waals surface area contributed by atoms with Crippen LogP contribution in [0, 0.1) is 0 Å². The Morgan fingerprint density at radius 2 is 1.88 bits per heavy atom. The van der Waals surface area contributed by atoms with Gasteiger partial charge in [0.1, 0.15) is 0 Å². The van der Waals surface area contributed by atoms with E-state index in [0.29, 0.717) is 11.1 Å². The van der Waals surface area contributed by atoms with Crippen LogP contribution >= 0.6 is 0 Å². The molecule has 1 aromatic heterocycles. The fourth-order valence-electron chi connectivity index (χ4n) is 1.43. The number of pyridine rings is 1. The van der Waals surface area contributed by atoms with Crippen molar-refractivity contribution in [2.75, 3.05) is 0 Å². The van der Waals surface area contributed by atoms with Crippen molar-refractivity contribution in [1.29, 1.82) is 0 Å². The third-order valence-electron chi connectivity index (χ3n) is 2.27. The highest BCUT2D eigenvalue weighted by Crippen LogP contribution is 2.21. The van der Waals surface area contributed by atoms with E-state index < -0.39 is 12.0 Å². The van der Waals surface area contributed by atoms with E-state index in [0.717, 1.165) is 0 Å². The van der Waals surface area contributed by atoms with Gasteiger partial charge in [0.05, 0.1) is 0 Å². The monoisotopic (exact) mass is 215 g/mol. The maximum absolute atomic E-state index is 13.8. The third-order valence-corrected chi connectivity index (χ3v) is 2.27. The minimum Gasteiger partial charge on any atom is -0.290 e. The molecule has 1 aromatic carbocycles. The summed E-state index contributed by atoms with van der Waals surface area (Å²) in [6.45, 7) is 0. The lowest BCUT2D eigenvalue weighted by molar-refractivity contribution is 0.0877. The number of aromatic nitrogens is 1. The Morgan fingerprint density at radius 3 is 2.50 bits per heavy atom. The standard InChI is InChI=1S/C13H10FNO/c14-12(10-5-2-1-3-6-10)13(16)11-7-4-8-15-9-11/h1-9,12H. The molecule has 2 nitrogen and oxygen atoms in total. The average molecular weight is 215 g/mol. The summed E-state index contributed by atoms with van der Waals surface area (Å²) in [7, 11) is 0. The molecule has 1 heterocycles. The van der Waals surface area contributed by atoms with Crippen LogP contribution in [0.4, 0.5) is 4.39 Å². The second kappa shape index (κ2) is 4.66. The predicted octanol–water partition coefficient (Wildman–Crippen LogP) is 2.98. The lowest BCUT2D eigenvalue weighted by Gasteiger charge is -2.06. The number of hydrogen-bond donors (Lipinski definition) is 0. The lowest BCUT2D eigenvalue weighted by Crippen LogP contribution is -2.08. The van der Waals surface area contributed by atoms with Crippen molar-refractivity contribution >= 4 is 5.78 Å². The van der Waals surface area contributed by atoms with Crippen LogP contribution in [0.1, 0.15) is 22.1 Å². The molecule has 2 aromatic rings. The zero-order valence-electron chi connectivity index (χ0n) is 8.51. The van der Waals surface area contributed by atoms with Crippen molar-refractivity contribution in [3.63, 3.8) is 0 Å². The molecule has 80 valence electrons. The summed E-state index contributed by atoms with van der Waals surface area (Å²) in [5, 5.41) is 0. The van der Waals surface area contributed by atoms with Gasteiger partial charge in [0, 0.05) is 18.0 Å². The summed E-state index contributed by atoms with van der Waals surface area (Å²) in [6, 6.07) is 11.6. The van der Waals surface area contributed by atoms with Crippen LogP contribution in [-0.2, 0) is 0 Å². The van der Waals surface area contributed by atoms with E-state index in [4.69, 9.17) is 0 Å². The molecule has 3 heteroatoms. The first kappa shape index (κ1) is 10.5. The van der Waals surface area contributed by atoms with Crippen LogP contribution in [-0.4, -0.2) is 10.8 Å². The quantitative estimate of drug-likeness (QED) is 0.737. The molecule has 2 rings (SSSR count). The topological polar surface area (TPSA) is 30.0 Å². The summed E-state index contributed by atoms with van der Waals surface area (Å²) >= 11 is 0. The number of Topliss-reactive ketones (excluding diaryl/α,β-unsaturated/α-hetero) is 1. The normalized spacial score (nSPS) is 12.1. The molecule has 0 spiro atoms. The van der Waals surface area contributed by atoms with Gasteiger partial charge in [0.2, 0.25) is 5.78 Å². The van der Waals surface area contributed by atoms with Crippen LogP contribution < -0.4 is 0 Å². The van der Waals surface area contributed by atoms with Crippen molar-refractivity contribution in [1.82, 2.24) is 4.98 Å². The molecule has 0 fully saturated rings. The van der Waals surface area contributed by atoms with Crippen LogP contribution in [0.3, 0.4) is 0 Å². The average Bonchev–Trinajstić information content (AvgIpc) is 2.39. The number of hydrogen-bond acceptors (Lipinski definition) is 2. The molecule has 0 aliphatic rings. The van der Waals surface area contributed by atoms with Gasteiger partial charge in [-0.15, -0.1) is 0 Å². The van der Waals surface area contributed by atoms with Gasteiger partial charge in [0.25, 0.3) is 0 Å². The van der Waals surface area contributed by atoms with E-state index in [1.165, 1.54) is 6.20 Å². The molecule has 16 heavy (non-hydrogen) atoms. The number of alkyl halides is 1. The van der Waals surface area contributed by atoms with Gasteiger partial charge in [-0.1, -0.05) is 30.3 Å². The summed E-state index contributed by atoms with van der Waals surface area (Å²) in [6.07, 6.45) is 1.30. The van der Waals surface area contributed by atoms with E-state index in [1.807, 2.05) is 0 Å². The van der Waals surface area contributed by atoms with Crippen molar-refractivity contribution in [2.24, 2.45) is 0 Å². The highest BCUT2D eigenvalue weighted by Gasteiger charge is 2.20. The molecular weight excluding hydrogens is 205 g/mol. The Morgan fingerprint density at radius 1 is 1.12 bits per heavy atom. The highest BCUT2D eigenvalue weighted by molar-refractivity contribution is 5.99. The van der Waals surface area contributed by atoms with Crippen molar-refractivity contribution in [2.45, 2.75) is 6.17 Å². The number of ketones is 1. The van der Waals surface area contributed by atoms with Crippen molar-refractivity contribution in [3.05, 3.63) is 66.0 Å². The SMILES string of the molecule is O=C(c1cccnc1)C(F)c1ccccc1. The minimum atomic E-state index is -1.62. The van der Waals surface area contributed by atoms with Gasteiger partial charge < -0.3 is 0 Å². The van der Waals surface area contributed by atoms with Crippen molar-refractivity contribution in [3.8, 4) is 0 Å². The Balaban J connectivity index is 2.24. The molecule has 1 unspecified atom stereocenters. The summed E-state index contributed by atoms with van der Waals surface area (Å²) in [5.74, 6) is -0.556. The molecule has 0 N–H and O–H groups in total. The number of carbonyl (C=O) groups is 1. The van der Waals surface area contributed by atoms with E-state index in [1.54, 1.807) is 48.7 Å². The first-order valence-electron chi connectivity index (χ1n) is 4.92. The second-order valence-corrected chi connectivity index (χ2v) is 3.38. The summed E-state index contributed by atoms with van der Waals surface area (Å²) in [5.41, 5.74) is 0.662. The second-order valence-electron chi connectivity index (χ2n) is 3.38. The Hall–Kier alpha value is -2.03. The molecule has 0 saturated heterocycles. The molecule has 0 saturated carbocycles. The number of nitrogens with zero attached hydrogens (tertiary/aromatic N) is 1. The zero-order chi connectivity index (χ0) is 11.4. The van der Waals surface area contributed by atoms with Crippen LogP contribution in [0.15, 0.2) is 54.9 Å². The molecule has 0 amide bonds. The molecule has 0 aliphatic carbocycles. The number of carbonyl (C=O) groups excluding carboxylic acids is 1. The first-order chi connectivity index (χ1) is 7.79. The number of rotatable bonds is 3. The molecule has 0 aliphatic heterocycles. The van der Waals surface area contributed by atoms with Crippen LogP contribution in [0.2, 0.25) is 0 Å². The van der Waals surface area contributed by atoms with E-state index in [9.17, 15) is 9.18 Å². The Kier molecular flexibility index (Phi) is 3.05. The van der Waals surface area contributed by atoms with Gasteiger partial charge >= 0.3 is 0 Å². The van der Waals surface area contributed by atoms with E-state index in [-0.39, 0.29) is 0 Å². The molecule has 1 atom stereocenters. The van der Waals surface area contributed by atoms with Gasteiger partial charge in [-0.05, 0) is 17.7 Å². The van der Waals surface area contributed by atoms with Crippen LogP contribution in [0.5, 0.6) is 0 Å². The molecule has 0 bridgehead atoms. The minimum absolute atomic E-state index is 0.291. The number of benzene rings is 1. The van der Waals surface area contributed by atoms with Gasteiger partial charge in [-0.3, -0.25) is 9.78 Å². The maximum Gasteiger partial charge on any atom is 0.203 e. The van der Waals surface area contributed by atoms with Crippen molar-refractivity contribution < 1.29 is 9.18 Å². The Bertz CT molecular complexity index is 470. The maximum atomic E-state index is 13.8. The number of halogens is 1. The molecule has 0 radical (unpaired) electrons. The highest BCUT2D eigenvalue weighted by atomic mass is 19.1. The lowest BCUT2D eigenvalue weighted by atomic mass is 10.0. The first-order valence-corrected chi connectivity index (χ1v) is 4.92. The fourth-order valence-corrected chi connectivity index (χ4v) is 1.43. The smallest absolute Gasteiger partial charge is 0.203 e. The van der Waals surface area contributed by atoms with Crippen LogP contribution in [0.25, 0.3) is 0 Å². The van der Waals surface area contributed by atoms with E-state index >= 15 is 0 Å². The predicted molar refractivity (Wildman–Crippen MR) is 58.9 cm³/mol. The summed E-state index contributed by atoms with van der Waals surface area (Å²) in [4.78, 5) is 15.5. The largest absolute Gasteiger partial charge is 0.290 e. The van der Waals surface area contributed by atoms with E-state index in [2.05, 4.69) is 4.98 Å². The molecular formula is C13H10FNO.